The number of ether oxygens (including phenoxy) is 5. The molecule has 0 fully saturated rings. The van der Waals surface area contributed by atoms with Gasteiger partial charge in [-0.1, -0.05) is 45.5 Å². The van der Waals surface area contributed by atoms with Crippen LogP contribution in [0.3, 0.4) is 0 Å². The van der Waals surface area contributed by atoms with Crippen molar-refractivity contribution in [1.29, 1.82) is 0 Å². The third kappa shape index (κ3) is 6.65. The predicted molar refractivity (Wildman–Crippen MR) is 103 cm³/mol. The van der Waals surface area contributed by atoms with Crippen LogP contribution in [0.1, 0.15) is 47.0 Å². The van der Waals surface area contributed by atoms with Crippen molar-refractivity contribution in [3.8, 4) is 5.75 Å². The molecular weight excluding hydrogens is 348 g/mol. The highest BCUT2D eigenvalue weighted by molar-refractivity contribution is 5.81. The Morgan fingerprint density at radius 2 is 1.48 bits per heavy atom. The SMILES string of the molecule is C=CC(=O)OC(OCCC)(Oc1ccccc1)C(C)(OCCC)OCCC. The van der Waals surface area contributed by atoms with Gasteiger partial charge < -0.3 is 23.7 Å². The van der Waals surface area contributed by atoms with Gasteiger partial charge in [0.1, 0.15) is 5.75 Å². The van der Waals surface area contributed by atoms with Gasteiger partial charge in [-0.25, -0.2) is 4.79 Å². The van der Waals surface area contributed by atoms with Crippen molar-refractivity contribution >= 4 is 5.97 Å². The van der Waals surface area contributed by atoms with Gasteiger partial charge in [-0.15, -0.1) is 0 Å². The minimum atomic E-state index is -1.93. The molecule has 0 saturated carbocycles. The van der Waals surface area contributed by atoms with Crippen LogP contribution in [-0.4, -0.2) is 37.6 Å². The van der Waals surface area contributed by atoms with Crippen molar-refractivity contribution in [3.63, 3.8) is 0 Å². The summed E-state index contributed by atoms with van der Waals surface area (Å²) in [6.45, 7) is 12.1. The Balaban J connectivity index is 3.40. The predicted octanol–water partition coefficient (Wildman–Crippen LogP) is 4.44. The summed E-state index contributed by atoms with van der Waals surface area (Å²) in [4.78, 5) is 12.2. The Hall–Kier alpha value is -1.89. The molecule has 1 aromatic carbocycles. The second-order valence-electron chi connectivity index (χ2n) is 6.09. The van der Waals surface area contributed by atoms with E-state index in [-0.39, 0.29) is 6.61 Å². The van der Waals surface area contributed by atoms with E-state index in [0.29, 0.717) is 25.4 Å². The van der Waals surface area contributed by atoms with Crippen molar-refractivity contribution < 1.29 is 28.5 Å². The zero-order valence-electron chi connectivity index (χ0n) is 16.9. The number of carbonyl (C=O) groups excluding carboxylic acids is 1. The van der Waals surface area contributed by atoms with E-state index in [9.17, 15) is 4.79 Å². The van der Waals surface area contributed by atoms with Crippen molar-refractivity contribution in [1.82, 2.24) is 0 Å². The van der Waals surface area contributed by atoms with E-state index in [4.69, 9.17) is 23.7 Å². The highest BCUT2D eigenvalue weighted by atomic mass is 16.9. The van der Waals surface area contributed by atoms with Crippen molar-refractivity contribution in [2.45, 2.75) is 58.7 Å². The third-order valence-electron chi connectivity index (χ3n) is 3.61. The topological polar surface area (TPSA) is 63.2 Å². The van der Waals surface area contributed by atoms with Crippen LogP contribution in [0.5, 0.6) is 5.75 Å². The van der Waals surface area contributed by atoms with E-state index in [2.05, 4.69) is 6.58 Å². The molecule has 1 atom stereocenters. The number of esters is 1. The minimum absolute atomic E-state index is 0.276. The second kappa shape index (κ2) is 11.7. The van der Waals surface area contributed by atoms with Gasteiger partial charge in [-0.3, -0.25) is 0 Å². The first-order valence-corrected chi connectivity index (χ1v) is 9.48. The molecule has 1 rings (SSSR count). The van der Waals surface area contributed by atoms with Gasteiger partial charge in [0, 0.05) is 13.0 Å². The molecule has 0 heterocycles. The van der Waals surface area contributed by atoms with Crippen LogP contribution in [-0.2, 0) is 23.7 Å². The van der Waals surface area contributed by atoms with Gasteiger partial charge in [-0.2, -0.15) is 0 Å². The molecule has 1 unspecified atom stereocenters. The van der Waals surface area contributed by atoms with Gasteiger partial charge in [0.15, 0.2) is 0 Å². The van der Waals surface area contributed by atoms with E-state index in [0.717, 1.165) is 18.9 Å². The molecule has 0 aliphatic carbocycles. The maximum Gasteiger partial charge on any atom is 0.431 e. The molecule has 152 valence electrons. The first kappa shape index (κ1) is 23.1. The summed E-state index contributed by atoms with van der Waals surface area (Å²) in [5.41, 5.74) is 0. The lowest BCUT2D eigenvalue weighted by Crippen LogP contribution is -2.63. The molecule has 0 bridgehead atoms. The van der Waals surface area contributed by atoms with E-state index >= 15 is 0 Å². The summed E-state index contributed by atoms with van der Waals surface area (Å²) >= 11 is 0. The maximum absolute atomic E-state index is 12.2. The lowest BCUT2D eigenvalue weighted by Gasteiger charge is -2.44. The lowest BCUT2D eigenvalue weighted by atomic mass is 10.2. The van der Waals surface area contributed by atoms with Crippen LogP contribution in [0.25, 0.3) is 0 Å². The average molecular weight is 380 g/mol. The molecule has 0 spiro atoms. The van der Waals surface area contributed by atoms with Crippen molar-refractivity contribution in [3.05, 3.63) is 43.0 Å². The van der Waals surface area contributed by atoms with Gasteiger partial charge in [0.2, 0.25) is 0 Å². The molecular formula is C21H32O6. The van der Waals surface area contributed by atoms with Crippen LogP contribution in [0, 0.1) is 0 Å². The third-order valence-corrected chi connectivity index (χ3v) is 3.61. The quantitative estimate of drug-likeness (QED) is 0.270. The van der Waals surface area contributed by atoms with Gasteiger partial charge >= 0.3 is 11.9 Å². The fourth-order valence-electron chi connectivity index (χ4n) is 2.26. The molecule has 0 aromatic heterocycles. The molecule has 0 radical (unpaired) electrons. The maximum atomic E-state index is 12.2. The molecule has 0 aliphatic heterocycles. The van der Waals surface area contributed by atoms with Gasteiger partial charge in [-0.05, 0) is 31.4 Å². The Bertz CT molecular complexity index is 551. The Morgan fingerprint density at radius 3 is 1.96 bits per heavy atom. The fraction of sp³-hybridized carbons (Fsp3) is 0.571. The van der Waals surface area contributed by atoms with Gasteiger partial charge in [0.05, 0.1) is 19.8 Å². The number of hydrogen-bond acceptors (Lipinski definition) is 6. The largest absolute Gasteiger partial charge is 0.431 e. The molecule has 6 nitrogen and oxygen atoms in total. The van der Waals surface area contributed by atoms with E-state index < -0.39 is 17.7 Å². The van der Waals surface area contributed by atoms with Crippen LogP contribution >= 0.6 is 0 Å². The fourth-order valence-corrected chi connectivity index (χ4v) is 2.26. The lowest BCUT2D eigenvalue weighted by molar-refractivity contribution is -0.456. The number of hydrogen-bond donors (Lipinski definition) is 0. The molecule has 0 saturated heterocycles. The summed E-state index contributed by atoms with van der Waals surface area (Å²) in [6.07, 6.45) is 3.23. The van der Waals surface area contributed by atoms with E-state index in [1.54, 1.807) is 19.1 Å². The highest BCUT2D eigenvalue weighted by Crippen LogP contribution is 2.36. The smallest absolute Gasteiger partial charge is 0.426 e. The average Bonchev–Trinajstić information content (AvgIpc) is 2.69. The van der Waals surface area contributed by atoms with Crippen molar-refractivity contribution in [2.24, 2.45) is 0 Å². The minimum Gasteiger partial charge on any atom is -0.426 e. The molecule has 0 amide bonds. The van der Waals surface area contributed by atoms with Crippen LogP contribution in [0.2, 0.25) is 0 Å². The first-order valence-electron chi connectivity index (χ1n) is 9.48. The zero-order chi connectivity index (χ0) is 20.2. The van der Waals surface area contributed by atoms with Gasteiger partial charge in [0.25, 0.3) is 5.79 Å². The molecule has 0 N–H and O–H groups in total. The Kier molecular flexibility index (Phi) is 10.1. The highest BCUT2D eigenvalue weighted by Gasteiger charge is 2.59. The summed E-state index contributed by atoms with van der Waals surface area (Å²) in [6, 6.07) is 8.97. The Morgan fingerprint density at radius 1 is 0.963 bits per heavy atom. The van der Waals surface area contributed by atoms with E-state index in [1.807, 2.05) is 39.0 Å². The second-order valence-corrected chi connectivity index (χ2v) is 6.09. The van der Waals surface area contributed by atoms with Crippen LogP contribution in [0.15, 0.2) is 43.0 Å². The number of benzene rings is 1. The summed E-state index contributed by atoms with van der Waals surface area (Å²) in [5, 5.41) is 0. The van der Waals surface area contributed by atoms with E-state index in [1.165, 1.54) is 0 Å². The summed E-state index contributed by atoms with van der Waals surface area (Å²) in [7, 11) is 0. The first-order chi connectivity index (χ1) is 13.0. The standard InChI is InChI=1S/C21H32O6/c1-6-15-23-20(5,24-16-7-2)21(25-17-8-3,27-19(22)9-4)26-18-13-11-10-12-14-18/h9-14H,4,6-8,15-17H2,1-3,5H3. The molecule has 1 aromatic rings. The van der Waals surface area contributed by atoms with Crippen LogP contribution < -0.4 is 4.74 Å². The molecule has 27 heavy (non-hydrogen) atoms. The zero-order valence-corrected chi connectivity index (χ0v) is 16.9. The van der Waals surface area contributed by atoms with Crippen molar-refractivity contribution in [2.75, 3.05) is 19.8 Å². The summed E-state index contributed by atoms with van der Waals surface area (Å²) < 4.78 is 29.6. The normalized spacial score (nSPS) is 13.6. The van der Waals surface area contributed by atoms with Crippen LogP contribution in [0.4, 0.5) is 0 Å². The number of rotatable bonds is 14. The molecule has 6 heteroatoms. The number of para-hydroxylation sites is 1. The number of carbonyl (C=O) groups is 1. The monoisotopic (exact) mass is 380 g/mol. The summed E-state index contributed by atoms with van der Waals surface area (Å²) in [5.74, 6) is -3.66. The molecule has 0 aliphatic rings. The Labute approximate surface area is 162 Å².